The molecule has 1 aromatic carbocycles. The minimum Gasteiger partial charge on any atom is -0.382 e. The molecular weight excluding hydrogens is 250 g/mol. The molecule has 2 atom stereocenters. The first-order valence-corrected chi connectivity index (χ1v) is 4.09. The quantitative estimate of drug-likeness (QED) is 0.800. The Labute approximate surface area is 95.5 Å². The van der Waals surface area contributed by atoms with E-state index in [1.54, 1.807) is 0 Å². The van der Waals surface area contributed by atoms with E-state index in [0.29, 0.717) is 0 Å². The molecule has 0 aliphatic heterocycles. The maximum absolute atomic E-state index is 13.0. The summed E-state index contributed by atoms with van der Waals surface area (Å²) in [6.07, 6.45) is -7.63. The molecule has 0 aromatic heterocycles. The van der Waals surface area contributed by atoms with Gasteiger partial charge in [0.05, 0.1) is 6.04 Å². The van der Waals surface area contributed by atoms with Gasteiger partial charge in [0.25, 0.3) is 0 Å². The molecule has 0 heterocycles. The molecule has 0 spiro atoms. The highest BCUT2D eigenvalue weighted by atomic mass is 35.5. The van der Waals surface area contributed by atoms with E-state index < -0.39 is 24.1 Å². The molecule has 0 aliphatic carbocycles. The molecule has 2 nitrogen and oxygen atoms in total. The van der Waals surface area contributed by atoms with Gasteiger partial charge in [0, 0.05) is 5.56 Å². The standard InChI is InChI=1S/C9H9F4NO.ClH/c10-6-4-2-1-3-5(6)7(14)8(15)9(11,12)13;/h1-4,7-8,15H,14H2;1H/t7-,8-;/m0./s1. The third kappa shape index (κ3) is 3.33. The summed E-state index contributed by atoms with van der Waals surface area (Å²) < 4.78 is 49.2. The van der Waals surface area contributed by atoms with Crippen LogP contribution < -0.4 is 5.73 Å². The zero-order valence-corrected chi connectivity index (χ0v) is 8.73. The van der Waals surface area contributed by atoms with Crippen LogP contribution in [-0.2, 0) is 0 Å². The Morgan fingerprint density at radius 3 is 2.12 bits per heavy atom. The van der Waals surface area contributed by atoms with Gasteiger partial charge < -0.3 is 10.8 Å². The van der Waals surface area contributed by atoms with Crippen LogP contribution in [0.1, 0.15) is 11.6 Å². The molecule has 0 radical (unpaired) electrons. The van der Waals surface area contributed by atoms with Crippen molar-refractivity contribution in [3.63, 3.8) is 0 Å². The molecule has 0 unspecified atom stereocenters. The molecule has 0 amide bonds. The van der Waals surface area contributed by atoms with E-state index in [4.69, 9.17) is 10.8 Å². The highest BCUT2D eigenvalue weighted by Crippen LogP contribution is 2.29. The second kappa shape index (κ2) is 5.47. The molecule has 7 heteroatoms. The van der Waals surface area contributed by atoms with Crippen molar-refractivity contribution in [2.75, 3.05) is 0 Å². The maximum atomic E-state index is 13.0. The summed E-state index contributed by atoms with van der Waals surface area (Å²) in [5.74, 6) is -0.867. The summed E-state index contributed by atoms with van der Waals surface area (Å²) in [7, 11) is 0. The number of halogens is 5. The number of aliphatic hydroxyl groups is 1. The fourth-order valence-electron chi connectivity index (χ4n) is 1.12. The van der Waals surface area contributed by atoms with Crippen molar-refractivity contribution < 1.29 is 22.7 Å². The summed E-state index contributed by atoms with van der Waals surface area (Å²) in [5, 5.41) is 8.82. The minimum atomic E-state index is -4.86. The summed E-state index contributed by atoms with van der Waals surface area (Å²) in [6.45, 7) is 0. The lowest BCUT2D eigenvalue weighted by atomic mass is 10.0. The van der Waals surface area contributed by atoms with Gasteiger partial charge in [-0.2, -0.15) is 13.2 Å². The van der Waals surface area contributed by atoms with Crippen LogP contribution in [0.25, 0.3) is 0 Å². The van der Waals surface area contributed by atoms with E-state index >= 15 is 0 Å². The van der Waals surface area contributed by atoms with Gasteiger partial charge in [-0.25, -0.2) is 4.39 Å². The molecule has 0 saturated heterocycles. The van der Waals surface area contributed by atoms with E-state index in [2.05, 4.69) is 0 Å². The van der Waals surface area contributed by atoms with Gasteiger partial charge in [0.15, 0.2) is 6.10 Å². The summed E-state index contributed by atoms with van der Waals surface area (Å²) in [6, 6.07) is 2.95. The number of rotatable bonds is 2. The monoisotopic (exact) mass is 259 g/mol. The fraction of sp³-hybridized carbons (Fsp3) is 0.333. The third-order valence-electron chi connectivity index (χ3n) is 1.94. The van der Waals surface area contributed by atoms with Gasteiger partial charge in [0.1, 0.15) is 5.82 Å². The molecule has 0 bridgehead atoms. The number of benzene rings is 1. The molecule has 3 N–H and O–H groups in total. The molecule has 1 rings (SSSR count). The highest BCUT2D eigenvalue weighted by Gasteiger charge is 2.43. The Morgan fingerprint density at radius 1 is 1.19 bits per heavy atom. The van der Waals surface area contributed by atoms with Crippen molar-refractivity contribution >= 4 is 12.4 Å². The van der Waals surface area contributed by atoms with Crippen LogP contribution in [-0.4, -0.2) is 17.4 Å². The van der Waals surface area contributed by atoms with Crippen molar-refractivity contribution in [2.24, 2.45) is 5.73 Å². The van der Waals surface area contributed by atoms with E-state index in [9.17, 15) is 17.6 Å². The van der Waals surface area contributed by atoms with Gasteiger partial charge in [-0.15, -0.1) is 12.4 Å². The van der Waals surface area contributed by atoms with Crippen LogP contribution in [0.2, 0.25) is 0 Å². The summed E-state index contributed by atoms with van der Waals surface area (Å²) in [4.78, 5) is 0. The SMILES string of the molecule is Cl.N[C@@H](c1ccccc1F)[C@H](O)C(F)(F)F. The van der Waals surface area contributed by atoms with Crippen LogP contribution in [0, 0.1) is 5.82 Å². The van der Waals surface area contributed by atoms with Crippen LogP contribution in [0.15, 0.2) is 24.3 Å². The molecule has 0 fully saturated rings. The predicted octanol–water partition coefficient (Wildman–Crippen LogP) is 2.17. The largest absolute Gasteiger partial charge is 0.416 e. The topological polar surface area (TPSA) is 46.2 Å². The summed E-state index contributed by atoms with van der Waals surface area (Å²) in [5.41, 5.74) is 4.76. The van der Waals surface area contributed by atoms with E-state index in [1.807, 2.05) is 0 Å². The zero-order chi connectivity index (χ0) is 11.6. The number of nitrogens with two attached hydrogens (primary N) is 1. The Morgan fingerprint density at radius 2 is 1.69 bits per heavy atom. The number of aliphatic hydroxyl groups excluding tert-OH is 1. The highest BCUT2D eigenvalue weighted by molar-refractivity contribution is 5.85. The van der Waals surface area contributed by atoms with Crippen LogP contribution in [0.3, 0.4) is 0 Å². The van der Waals surface area contributed by atoms with E-state index in [-0.39, 0.29) is 18.0 Å². The van der Waals surface area contributed by atoms with Gasteiger partial charge in [-0.3, -0.25) is 0 Å². The second-order valence-corrected chi connectivity index (χ2v) is 3.03. The second-order valence-electron chi connectivity index (χ2n) is 3.03. The van der Waals surface area contributed by atoms with Gasteiger partial charge in [0.2, 0.25) is 0 Å². The lowest BCUT2D eigenvalue weighted by Crippen LogP contribution is -2.39. The third-order valence-corrected chi connectivity index (χ3v) is 1.94. The minimum absolute atomic E-state index is 0. The molecular formula is C9H10ClF4NO. The van der Waals surface area contributed by atoms with Crippen molar-refractivity contribution in [1.82, 2.24) is 0 Å². The normalized spacial score (nSPS) is 15.1. The number of hydrogen-bond donors (Lipinski definition) is 2. The lowest BCUT2D eigenvalue weighted by molar-refractivity contribution is -0.210. The molecule has 0 aliphatic rings. The van der Waals surface area contributed by atoms with Crippen LogP contribution >= 0.6 is 12.4 Å². The average molecular weight is 260 g/mol. The average Bonchev–Trinajstić information content (AvgIpc) is 2.15. The molecule has 0 saturated carbocycles. The molecule has 16 heavy (non-hydrogen) atoms. The number of alkyl halides is 3. The first-order valence-electron chi connectivity index (χ1n) is 4.09. The van der Waals surface area contributed by atoms with Crippen molar-refractivity contribution in [1.29, 1.82) is 0 Å². The Kier molecular flexibility index (Phi) is 5.18. The fourth-order valence-corrected chi connectivity index (χ4v) is 1.12. The van der Waals surface area contributed by atoms with Crippen LogP contribution in [0.5, 0.6) is 0 Å². The first-order chi connectivity index (χ1) is 6.84. The Bertz CT molecular complexity index is 345. The zero-order valence-electron chi connectivity index (χ0n) is 7.91. The Balaban J connectivity index is 0.00000225. The Hall–Kier alpha value is -0.850. The maximum Gasteiger partial charge on any atom is 0.416 e. The van der Waals surface area contributed by atoms with Gasteiger partial charge >= 0.3 is 6.18 Å². The summed E-state index contributed by atoms with van der Waals surface area (Å²) >= 11 is 0. The lowest BCUT2D eigenvalue weighted by Gasteiger charge is -2.21. The predicted molar refractivity (Wildman–Crippen MR) is 52.6 cm³/mol. The van der Waals surface area contributed by atoms with Gasteiger partial charge in [-0.1, -0.05) is 18.2 Å². The van der Waals surface area contributed by atoms with Crippen molar-refractivity contribution in [3.05, 3.63) is 35.6 Å². The first kappa shape index (κ1) is 15.2. The van der Waals surface area contributed by atoms with Crippen molar-refractivity contribution in [3.8, 4) is 0 Å². The molecule has 92 valence electrons. The van der Waals surface area contributed by atoms with E-state index in [0.717, 1.165) is 12.1 Å². The van der Waals surface area contributed by atoms with Crippen LogP contribution in [0.4, 0.5) is 17.6 Å². The smallest absolute Gasteiger partial charge is 0.382 e. The van der Waals surface area contributed by atoms with Gasteiger partial charge in [-0.05, 0) is 6.07 Å². The van der Waals surface area contributed by atoms with Crippen molar-refractivity contribution in [2.45, 2.75) is 18.3 Å². The van der Waals surface area contributed by atoms with E-state index in [1.165, 1.54) is 12.1 Å². The molecule has 1 aromatic rings. The number of hydrogen-bond acceptors (Lipinski definition) is 2.